The Bertz CT molecular complexity index is 343. The van der Waals surface area contributed by atoms with Crippen LogP contribution < -0.4 is 0 Å². The molecule has 3 atom stereocenters. The Kier molecular flexibility index (Phi) is 8.24. The van der Waals surface area contributed by atoms with Crippen molar-refractivity contribution in [2.75, 3.05) is 7.11 Å². The van der Waals surface area contributed by atoms with Crippen molar-refractivity contribution in [2.24, 2.45) is 17.8 Å². The molecule has 0 N–H and O–H groups in total. The van der Waals surface area contributed by atoms with Crippen molar-refractivity contribution < 1.29 is 9.53 Å². The van der Waals surface area contributed by atoms with Crippen LogP contribution >= 0.6 is 0 Å². The minimum absolute atomic E-state index is 0.182. The molecule has 21 heavy (non-hydrogen) atoms. The number of allylic oxidation sites excluding steroid dienone is 2. The maximum absolute atomic E-state index is 11.7. The van der Waals surface area contributed by atoms with E-state index in [-0.39, 0.29) is 5.92 Å². The zero-order valence-electron chi connectivity index (χ0n) is 14.7. The summed E-state index contributed by atoms with van der Waals surface area (Å²) < 4.78 is 5.50. The molecular weight excluding hydrogens is 260 g/mol. The first-order valence-electron chi connectivity index (χ1n) is 8.65. The molecular formula is C19H34O2. The van der Waals surface area contributed by atoms with E-state index in [2.05, 4.69) is 19.9 Å². The first-order chi connectivity index (χ1) is 9.92. The van der Waals surface area contributed by atoms with Crippen LogP contribution in [0.1, 0.15) is 72.6 Å². The van der Waals surface area contributed by atoms with Gasteiger partial charge in [-0.05, 0) is 50.9 Å². The molecule has 0 aromatic heterocycles. The monoisotopic (exact) mass is 294 g/mol. The van der Waals surface area contributed by atoms with Gasteiger partial charge in [-0.1, -0.05) is 38.8 Å². The van der Waals surface area contributed by atoms with E-state index in [1.54, 1.807) is 0 Å². The van der Waals surface area contributed by atoms with Crippen LogP contribution in [0, 0.1) is 17.8 Å². The third kappa shape index (κ3) is 7.26. The second-order valence-corrected chi connectivity index (χ2v) is 7.27. The summed E-state index contributed by atoms with van der Waals surface area (Å²) in [4.78, 5) is 11.7. The van der Waals surface area contributed by atoms with Crippen molar-refractivity contribution in [3.8, 4) is 0 Å². The summed E-state index contributed by atoms with van der Waals surface area (Å²) in [6.45, 7) is 8.50. The zero-order chi connectivity index (χ0) is 15.8. The molecule has 0 radical (unpaired) electrons. The van der Waals surface area contributed by atoms with Gasteiger partial charge in [-0.2, -0.15) is 0 Å². The van der Waals surface area contributed by atoms with E-state index >= 15 is 0 Å². The van der Waals surface area contributed by atoms with Crippen LogP contribution in [0.2, 0.25) is 0 Å². The van der Waals surface area contributed by atoms with Crippen LogP contribution in [0.3, 0.4) is 0 Å². The minimum Gasteiger partial charge on any atom is -0.381 e. The Balaban J connectivity index is 2.35. The molecule has 0 bridgehead atoms. The van der Waals surface area contributed by atoms with Gasteiger partial charge in [0.1, 0.15) is 5.78 Å². The summed E-state index contributed by atoms with van der Waals surface area (Å²) in [6.07, 6.45) is 10.8. The number of Topliss-reactive ketones (excluding diaryl/α,β-unsaturated/α-hetero) is 1. The molecule has 122 valence electrons. The summed E-state index contributed by atoms with van der Waals surface area (Å²) in [5, 5.41) is 0. The number of hydrogen-bond donors (Lipinski definition) is 0. The van der Waals surface area contributed by atoms with Crippen molar-refractivity contribution in [3.63, 3.8) is 0 Å². The number of ketones is 1. The lowest BCUT2D eigenvalue weighted by molar-refractivity contribution is -0.122. The van der Waals surface area contributed by atoms with Crippen molar-refractivity contribution in [1.82, 2.24) is 0 Å². The summed E-state index contributed by atoms with van der Waals surface area (Å²) in [7, 11) is 1.83. The van der Waals surface area contributed by atoms with Crippen molar-refractivity contribution in [3.05, 3.63) is 11.6 Å². The molecule has 0 unspecified atom stereocenters. The van der Waals surface area contributed by atoms with Crippen molar-refractivity contribution in [1.29, 1.82) is 0 Å². The predicted molar refractivity (Wildman–Crippen MR) is 89.4 cm³/mol. The fourth-order valence-corrected chi connectivity index (χ4v) is 3.35. The quantitative estimate of drug-likeness (QED) is 0.577. The second-order valence-electron chi connectivity index (χ2n) is 7.27. The molecule has 0 saturated heterocycles. The van der Waals surface area contributed by atoms with Gasteiger partial charge in [0.25, 0.3) is 0 Å². The summed E-state index contributed by atoms with van der Waals surface area (Å²) in [5.41, 5.74) is 1.49. The maximum Gasteiger partial charge on any atom is 0.135 e. The van der Waals surface area contributed by atoms with E-state index in [0.717, 1.165) is 19.3 Å². The minimum atomic E-state index is 0.182. The molecule has 0 heterocycles. The SMILES string of the molecule is CO[C@H]1CCC[C@@H](/C=C(\C)C[C@H](C)CCC(=O)C(C)C)C1. The highest BCUT2D eigenvalue weighted by molar-refractivity contribution is 5.80. The number of methoxy groups -OCH3 is 1. The van der Waals surface area contributed by atoms with E-state index in [0.29, 0.717) is 23.7 Å². The molecule has 1 aliphatic rings. The third-order valence-electron chi connectivity index (χ3n) is 4.72. The molecule has 1 aliphatic carbocycles. The van der Waals surface area contributed by atoms with Crippen LogP contribution in [-0.2, 0) is 9.53 Å². The Labute approximate surface area is 131 Å². The van der Waals surface area contributed by atoms with Crippen molar-refractivity contribution >= 4 is 5.78 Å². The van der Waals surface area contributed by atoms with Gasteiger partial charge in [-0.25, -0.2) is 0 Å². The molecule has 2 nitrogen and oxygen atoms in total. The molecule has 0 amide bonds. The van der Waals surface area contributed by atoms with Gasteiger partial charge in [0.15, 0.2) is 0 Å². The predicted octanol–water partition coefficient (Wildman–Crippen LogP) is 5.17. The number of ether oxygens (including phenoxy) is 1. The Hall–Kier alpha value is -0.630. The first kappa shape index (κ1) is 18.4. The van der Waals surface area contributed by atoms with Gasteiger partial charge in [0.2, 0.25) is 0 Å². The topological polar surface area (TPSA) is 26.3 Å². The Morgan fingerprint density at radius 3 is 2.62 bits per heavy atom. The normalized spacial score (nSPS) is 25.1. The fourth-order valence-electron chi connectivity index (χ4n) is 3.35. The molecule has 1 saturated carbocycles. The van der Waals surface area contributed by atoms with Crippen LogP contribution in [0.4, 0.5) is 0 Å². The highest BCUT2D eigenvalue weighted by Gasteiger charge is 2.20. The van der Waals surface area contributed by atoms with Gasteiger partial charge < -0.3 is 4.74 Å². The van der Waals surface area contributed by atoms with Gasteiger partial charge in [0, 0.05) is 19.4 Å². The molecule has 1 rings (SSSR count). The average molecular weight is 294 g/mol. The number of rotatable bonds is 8. The molecule has 0 aromatic carbocycles. The lowest BCUT2D eigenvalue weighted by Crippen LogP contribution is -2.20. The van der Waals surface area contributed by atoms with Crippen LogP contribution in [0.25, 0.3) is 0 Å². The highest BCUT2D eigenvalue weighted by Crippen LogP contribution is 2.29. The Morgan fingerprint density at radius 2 is 2.00 bits per heavy atom. The number of carbonyl (C=O) groups is 1. The summed E-state index contributed by atoms with van der Waals surface area (Å²) in [6, 6.07) is 0. The first-order valence-corrected chi connectivity index (χ1v) is 8.65. The van der Waals surface area contributed by atoms with E-state index in [9.17, 15) is 4.79 Å². The molecule has 0 aliphatic heterocycles. The third-order valence-corrected chi connectivity index (χ3v) is 4.72. The molecule has 0 spiro atoms. The van der Waals surface area contributed by atoms with E-state index in [1.807, 2.05) is 21.0 Å². The lowest BCUT2D eigenvalue weighted by Gasteiger charge is -2.27. The van der Waals surface area contributed by atoms with Crippen LogP contribution in [-0.4, -0.2) is 19.0 Å². The van der Waals surface area contributed by atoms with Crippen LogP contribution in [0.15, 0.2) is 11.6 Å². The zero-order valence-corrected chi connectivity index (χ0v) is 14.7. The maximum atomic E-state index is 11.7. The largest absolute Gasteiger partial charge is 0.381 e. The van der Waals surface area contributed by atoms with Gasteiger partial charge in [-0.3, -0.25) is 4.79 Å². The Morgan fingerprint density at radius 1 is 1.29 bits per heavy atom. The number of carbonyl (C=O) groups excluding carboxylic acids is 1. The highest BCUT2D eigenvalue weighted by atomic mass is 16.5. The van der Waals surface area contributed by atoms with Gasteiger partial charge in [0.05, 0.1) is 6.10 Å². The summed E-state index contributed by atoms with van der Waals surface area (Å²) in [5.74, 6) is 1.87. The fraction of sp³-hybridized carbons (Fsp3) is 0.842. The smallest absolute Gasteiger partial charge is 0.135 e. The van der Waals surface area contributed by atoms with E-state index in [4.69, 9.17) is 4.74 Å². The van der Waals surface area contributed by atoms with Crippen LogP contribution in [0.5, 0.6) is 0 Å². The molecule has 0 aromatic rings. The summed E-state index contributed by atoms with van der Waals surface area (Å²) >= 11 is 0. The van der Waals surface area contributed by atoms with Gasteiger partial charge >= 0.3 is 0 Å². The van der Waals surface area contributed by atoms with Crippen molar-refractivity contribution in [2.45, 2.75) is 78.7 Å². The molecule has 1 fully saturated rings. The van der Waals surface area contributed by atoms with E-state index in [1.165, 1.54) is 31.3 Å². The second kappa shape index (κ2) is 9.40. The lowest BCUT2D eigenvalue weighted by atomic mass is 9.84. The molecule has 2 heteroatoms. The number of hydrogen-bond acceptors (Lipinski definition) is 2. The standard InChI is InChI=1S/C19H34O2/c1-14(2)19(20)10-9-15(3)11-16(4)12-17-7-6-8-18(13-17)21-5/h12,14-15,17-18H,6-11,13H2,1-5H3/b16-12+/t15-,17+,18+/m1/s1. The van der Waals surface area contributed by atoms with Gasteiger partial charge in [-0.15, -0.1) is 0 Å². The van der Waals surface area contributed by atoms with E-state index < -0.39 is 0 Å². The average Bonchev–Trinajstić information content (AvgIpc) is 2.44.